The van der Waals surface area contributed by atoms with Gasteiger partial charge in [0.05, 0.1) is 0 Å². The first kappa shape index (κ1) is 33.1. The maximum atomic E-state index is 2.36. The van der Waals surface area contributed by atoms with Crippen molar-refractivity contribution in [3.8, 4) is 0 Å². The van der Waals surface area contributed by atoms with E-state index in [2.05, 4.69) is 151 Å². The van der Waals surface area contributed by atoms with Crippen molar-refractivity contribution < 1.29 is 0 Å². The predicted molar refractivity (Wildman–Crippen MR) is 236 cm³/mol. The van der Waals surface area contributed by atoms with Crippen LogP contribution in [0.4, 0.5) is 0 Å². The van der Waals surface area contributed by atoms with Crippen molar-refractivity contribution in [2.45, 2.75) is 80.1 Å². The second-order valence-corrected chi connectivity index (χ2v) is 17.1. The van der Waals surface area contributed by atoms with Crippen LogP contribution in [0.5, 0.6) is 0 Å². The van der Waals surface area contributed by atoms with Gasteiger partial charge in [0.1, 0.15) is 0 Å². The summed E-state index contributed by atoms with van der Waals surface area (Å²) in [6.45, 7) is 13.4. The zero-order valence-corrected chi connectivity index (χ0v) is 32.6. The van der Waals surface area contributed by atoms with Crippen LogP contribution in [-0.4, -0.2) is 0 Å². The lowest BCUT2D eigenvalue weighted by molar-refractivity contribution is 1.19. The van der Waals surface area contributed by atoms with E-state index in [0.29, 0.717) is 0 Å². The molecule has 0 saturated heterocycles. The lowest BCUT2D eigenvalue weighted by Gasteiger charge is -2.10. The van der Waals surface area contributed by atoms with E-state index in [1.165, 1.54) is 133 Å². The van der Waals surface area contributed by atoms with Gasteiger partial charge in [0, 0.05) is 0 Å². The van der Waals surface area contributed by atoms with Gasteiger partial charge in [-0.2, -0.15) is 0 Å². The monoisotopic (exact) mass is 696 g/mol. The minimum atomic E-state index is 1.12. The number of hydrogen-bond donors (Lipinski definition) is 0. The first-order valence-corrected chi connectivity index (χ1v) is 19.9. The fraction of sp³-hybridized carbons (Fsp3) is 0.222. The normalized spacial score (nSPS) is 16.6. The second kappa shape index (κ2) is 12.6. The average Bonchev–Trinajstić information content (AvgIpc) is 3.99. The fourth-order valence-corrected chi connectivity index (χ4v) is 10.2. The summed E-state index contributed by atoms with van der Waals surface area (Å²) in [6.07, 6.45) is 20.8. The largest absolute Gasteiger partial charge is 0.0683 e. The topological polar surface area (TPSA) is 0 Å². The Morgan fingerprint density at radius 2 is 0.519 bits per heavy atom. The maximum absolute atomic E-state index is 2.36. The zero-order chi connectivity index (χ0) is 36.8. The van der Waals surface area contributed by atoms with Crippen LogP contribution < -0.4 is 0 Å². The molecule has 0 unspecified atom stereocenters. The summed E-state index contributed by atoms with van der Waals surface area (Å²) in [4.78, 5) is 0. The Balaban J connectivity index is 0.000000100. The van der Waals surface area contributed by atoms with Gasteiger partial charge in [-0.3, -0.25) is 0 Å². The molecule has 0 heterocycles. The van der Waals surface area contributed by atoms with Crippen LogP contribution in [0.1, 0.15) is 108 Å². The number of benzene rings is 6. The molecule has 6 aromatic rings. The Morgan fingerprint density at radius 3 is 0.889 bits per heavy atom. The summed E-state index contributed by atoms with van der Waals surface area (Å²) < 4.78 is 0. The highest BCUT2D eigenvalue weighted by Gasteiger charge is 2.21. The number of rotatable bonds is 0. The molecule has 54 heavy (non-hydrogen) atoms. The van der Waals surface area contributed by atoms with Crippen LogP contribution in [0.15, 0.2) is 106 Å². The van der Waals surface area contributed by atoms with Crippen molar-refractivity contribution in [3.63, 3.8) is 0 Å². The fourth-order valence-electron chi connectivity index (χ4n) is 10.2. The molecule has 0 bridgehead atoms. The third-order valence-corrected chi connectivity index (χ3v) is 12.6. The molecule has 6 aromatic carbocycles. The standard InChI is InChI=1S/3C18H16/c3*1-11-7-13-3-5-16-15(17(13)9-11)6-4-14-8-12(2)10-18(14)16/h3-6,9-10H,7-8H2,1-2H3;3-7,10H,8-9H2,1-2H3;3-8H,9-10H2,1-2H3. The van der Waals surface area contributed by atoms with Crippen LogP contribution in [0, 0.1) is 0 Å². The lowest BCUT2D eigenvalue weighted by Crippen LogP contribution is -1.91. The van der Waals surface area contributed by atoms with E-state index >= 15 is 0 Å². The highest BCUT2D eigenvalue weighted by Crippen LogP contribution is 2.40. The second-order valence-electron chi connectivity index (χ2n) is 17.1. The third kappa shape index (κ3) is 5.49. The average molecular weight is 697 g/mol. The van der Waals surface area contributed by atoms with Gasteiger partial charge in [0.25, 0.3) is 0 Å². The molecular weight excluding hydrogens is 649 g/mol. The maximum Gasteiger partial charge on any atom is -0.00544 e. The minimum Gasteiger partial charge on any atom is -0.0683 e. The van der Waals surface area contributed by atoms with Gasteiger partial charge >= 0.3 is 0 Å². The van der Waals surface area contributed by atoms with Gasteiger partial charge in [0.15, 0.2) is 0 Å². The van der Waals surface area contributed by atoms with Crippen molar-refractivity contribution in [2.75, 3.05) is 0 Å². The molecule has 0 atom stereocenters. The highest BCUT2D eigenvalue weighted by atomic mass is 14.2. The molecule has 0 radical (unpaired) electrons. The van der Waals surface area contributed by atoms with Gasteiger partial charge < -0.3 is 0 Å². The van der Waals surface area contributed by atoms with Gasteiger partial charge in [0.2, 0.25) is 0 Å². The zero-order valence-electron chi connectivity index (χ0n) is 32.6. The van der Waals surface area contributed by atoms with Crippen molar-refractivity contribution in [1.82, 2.24) is 0 Å². The molecule has 0 N–H and O–H groups in total. The molecule has 0 aromatic heterocycles. The molecule has 6 aliphatic rings. The van der Waals surface area contributed by atoms with Gasteiger partial charge in [-0.25, -0.2) is 0 Å². The molecule has 6 aliphatic carbocycles. The van der Waals surface area contributed by atoms with E-state index in [1.807, 2.05) is 0 Å². The van der Waals surface area contributed by atoms with E-state index in [1.54, 1.807) is 0 Å². The van der Waals surface area contributed by atoms with Crippen molar-refractivity contribution in [3.05, 3.63) is 173 Å². The van der Waals surface area contributed by atoms with Crippen LogP contribution in [-0.2, 0) is 38.5 Å². The Kier molecular flexibility index (Phi) is 7.71. The van der Waals surface area contributed by atoms with Crippen LogP contribution in [0.25, 0.3) is 68.8 Å². The molecule has 0 heteroatoms. The molecule has 0 spiro atoms. The molecule has 12 rings (SSSR count). The first-order valence-electron chi connectivity index (χ1n) is 19.9. The third-order valence-electron chi connectivity index (χ3n) is 12.6. The van der Waals surface area contributed by atoms with Crippen LogP contribution in [0.3, 0.4) is 0 Å². The van der Waals surface area contributed by atoms with Gasteiger partial charge in [-0.15, -0.1) is 0 Å². The van der Waals surface area contributed by atoms with Crippen molar-refractivity contribution in [2.24, 2.45) is 0 Å². The van der Waals surface area contributed by atoms with Crippen LogP contribution >= 0.6 is 0 Å². The Labute approximate surface area is 320 Å². The summed E-state index contributed by atoms with van der Waals surface area (Å²) in [5, 5.41) is 8.66. The smallest absolute Gasteiger partial charge is 0.00544 e. The Bertz CT molecular complexity index is 2720. The first-order chi connectivity index (χ1) is 26.2. The summed E-state index contributed by atoms with van der Waals surface area (Å²) in [7, 11) is 0. The Hall–Kier alpha value is -5.46. The SMILES string of the molecule is CC1=Cc2c(ccc3c4c(ccc23)C=C(C)C4)C1.CC1=Cc2c(ccc3c4c(ccc23)CC(C)=C4)C1.CC1=Cc2ccc3c4c(ccc3c2C1)C=C(C)C4. The molecule has 264 valence electrons. The molecule has 0 amide bonds. The quantitative estimate of drug-likeness (QED) is 0.148. The van der Waals surface area contributed by atoms with Crippen molar-refractivity contribution in [1.29, 1.82) is 0 Å². The van der Waals surface area contributed by atoms with E-state index in [0.717, 1.165) is 38.5 Å². The molecular formula is C54H48. The lowest BCUT2D eigenvalue weighted by atomic mass is 9.94. The molecule has 0 saturated carbocycles. The van der Waals surface area contributed by atoms with Crippen molar-refractivity contribution >= 4 is 68.8 Å². The number of allylic oxidation sites excluding steroid dienone is 6. The summed E-state index contributed by atoms with van der Waals surface area (Å²) in [5.41, 5.74) is 26.5. The Morgan fingerprint density at radius 1 is 0.259 bits per heavy atom. The number of fused-ring (bicyclic) bond motifs is 15. The highest BCUT2D eigenvalue weighted by molar-refractivity contribution is 6.01. The molecule has 0 nitrogen and oxygen atoms in total. The predicted octanol–water partition coefficient (Wildman–Crippen LogP) is 14.3. The van der Waals surface area contributed by atoms with E-state index < -0.39 is 0 Å². The molecule has 0 fully saturated rings. The summed E-state index contributed by atoms with van der Waals surface area (Å²) in [6, 6.07) is 27.7. The van der Waals surface area contributed by atoms with E-state index in [9.17, 15) is 0 Å². The molecule has 0 aliphatic heterocycles. The van der Waals surface area contributed by atoms with Crippen LogP contribution in [0.2, 0.25) is 0 Å². The minimum absolute atomic E-state index is 1.12. The summed E-state index contributed by atoms with van der Waals surface area (Å²) in [5.74, 6) is 0. The van der Waals surface area contributed by atoms with Gasteiger partial charge in [-0.05, 0) is 179 Å². The van der Waals surface area contributed by atoms with E-state index in [-0.39, 0.29) is 0 Å². The number of hydrogen-bond acceptors (Lipinski definition) is 0. The summed E-state index contributed by atoms with van der Waals surface area (Å²) >= 11 is 0. The van der Waals surface area contributed by atoms with Gasteiger partial charge in [-0.1, -0.05) is 143 Å². The van der Waals surface area contributed by atoms with E-state index in [4.69, 9.17) is 0 Å².